The lowest BCUT2D eigenvalue weighted by atomic mass is 9.88. The van der Waals surface area contributed by atoms with E-state index in [1.807, 2.05) is 61.5 Å². The second-order valence-electron chi connectivity index (χ2n) is 8.31. The van der Waals surface area contributed by atoms with Crippen LogP contribution in [0, 0.1) is 0 Å². The zero-order valence-electron chi connectivity index (χ0n) is 18.6. The molecule has 1 N–H and O–H groups in total. The van der Waals surface area contributed by atoms with Crippen LogP contribution in [0.3, 0.4) is 0 Å². The third-order valence-corrected chi connectivity index (χ3v) is 5.68. The molecule has 1 amide bonds. The summed E-state index contributed by atoms with van der Waals surface area (Å²) >= 11 is 0. The Bertz CT molecular complexity index is 1420. The van der Waals surface area contributed by atoms with Crippen LogP contribution in [-0.4, -0.2) is 18.6 Å². The van der Waals surface area contributed by atoms with Crippen molar-refractivity contribution in [2.24, 2.45) is 0 Å². The fraction of sp³-hybridized carbons (Fsp3) is 0.143. The van der Waals surface area contributed by atoms with Gasteiger partial charge in [0.2, 0.25) is 0 Å². The third-order valence-electron chi connectivity index (χ3n) is 5.68. The number of para-hydroxylation sites is 2. The Morgan fingerprint density at radius 2 is 1.71 bits per heavy atom. The maximum Gasteiger partial charge on any atom is 0.344 e. The lowest BCUT2D eigenvalue weighted by molar-refractivity contribution is -0.122. The van der Waals surface area contributed by atoms with Crippen molar-refractivity contribution in [2.75, 3.05) is 11.9 Å². The van der Waals surface area contributed by atoms with Crippen LogP contribution in [0.5, 0.6) is 11.5 Å². The van der Waals surface area contributed by atoms with E-state index in [0.29, 0.717) is 40.3 Å². The number of nitrogens with one attached hydrogen (secondary N) is 1. The molecule has 0 saturated heterocycles. The second kappa shape index (κ2) is 8.90. The number of rotatable bonds is 6. The minimum atomic E-state index is -0.953. The predicted octanol–water partition coefficient (Wildman–Crippen LogP) is 5.28. The van der Waals surface area contributed by atoms with Crippen LogP contribution in [0.2, 0.25) is 0 Å². The molecular formula is C28H23NO5. The normalized spacial score (nSPS) is 16.5. The van der Waals surface area contributed by atoms with Crippen LogP contribution >= 0.6 is 0 Å². The van der Waals surface area contributed by atoms with Gasteiger partial charge < -0.3 is 19.2 Å². The van der Waals surface area contributed by atoms with Crippen LogP contribution in [0.1, 0.15) is 24.0 Å². The Labute approximate surface area is 196 Å². The highest BCUT2D eigenvalue weighted by Gasteiger charge is 2.44. The zero-order valence-corrected chi connectivity index (χ0v) is 18.6. The van der Waals surface area contributed by atoms with E-state index >= 15 is 0 Å². The number of hydrogen-bond acceptors (Lipinski definition) is 5. The number of anilines is 1. The molecule has 5 rings (SSSR count). The molecule has 1 aromatic heterocycles. The Morgan fingerprint density at radius 3 is 2.44 bits per heavy atom. The number of carbonyl (C=O) groups is 1. The fourth-order valence-electron chi connectivity index (χ4n) is 4.14. The molecule has 2 heterocycles. The maximum absolute atomic E-state index is 13.4. The molecular weight excluding hydrogens is 430 g/mol. The monoisotopic (exact) mass is 453 g/mol. The molecule has 2 atom stereocenters. The van der Waals surface area contributed by atoms with Crippen molar-refractivity contribution in [2.45, 2.75) is 18.9 Å². The predicted molar refractivity (Wildman–Crippen MR) is 131 cm³/mol. The highest BCUT2D eigenvalue weighted by Crippen LogP contribution is 2.44. The number of benzene rings is 3. The first-order valence-corrected chi connectivity index (χ1v) is 11.0. The molecule has 34 heavy (non-hydrogen) atoms. The number of carbonyl (C=O) groups excluding carboxylic acids is 1. The van der Waals surface area contributed by atoms with Gasteiger partial charge in [-0.25, -0.2) is 4.79 Å². The smallest absolute Gasteiger partial charge is 0.344 e. The van der Waals surface area contributed by atoms with Crippen molar-refractivity contribution in [3.05, 3.63) is 113 Å². The Kier molecular flexibility index (Phi) is 5.64. The summed E-state index contributed by atoms with van der Waals surface area (Å²) in [4.78, 5) is 26.4. The summed E-state index contributed by atoms with van der Waals surface area (Å²) in [6.07, 6.45) is -0.953. The second-order valence-corrected chi connectivity index (χ2v) is 8.31. The van der Waals surface area contributed by atoms with Gasteiger partial charge in [0, 0.05) is 5.69 Å². The molecule has 170 valence electrons. The van der Waals surface area contributed by atoms with Gasteiger partial charge in [-0.15, -0.1) is 0 Å². The molecule has 0 spiro atoms. The fourth-order valence-corrected chi connectivity index (χ4v) is 4.14. The van der Waals surface area contributed by atoms with E-state index in [0.717, 1.165) is 11.1 Å². The van der Waals surface area contributed by atoms with E-state index in [9.17, 15) is 9.59 Å². The van der Waals surface area contributed by atoms with E-state index in [4.69, 9.17) is 13.9 Å². The average Bonchev–Trinajstić information content (AvgIpc) is 3.26. The first-order valence-electron chi connectivity index (χ1n) is 11.0. The molecule has 0 unspecified atom stereocenters. The van der Waals surface area contributed by atoms with E-state index in [2.05, 4.69) is 11.9 Å². The molecule has 1 aliphatic heterocycles. The molecule has 3 aromatic carbocycles. The number of hydrogen-bond donors (Lipinski definition) is 1. The molecule has 6 nitrogen and oxygen atoms in total. The van der Waals surface area contributed by atoms with Crippen LogP contribution in [0.25, 0.3) is 11.0 Å². The molecule has 0 radical (unpaired) electrons. The van der Waals surface area contributed by atoms with Gasteiger partial charge in [0.25, 0.3) is 5.91 Å². The molecule has 4 aromatic rings. The lowest BCUT2D eigenvalue weighted by Crippen LogP contribution is -2.35. The van der Waals surface area contributed by atoms with E-state index in [1.54, 1.807) is 24.3 Å². The molecule has 1 aliphatic rings. The van der Waals surface area contributed by atoms with E-state index in [1.165, 1.54) is 0 Å². The van der Waals surface area contributed by atoms with Crippen LogP contribution < -0.4 is 20.4 Å². The van der Waals surface area contributed by atoms with Crippen LogP contribution in [-0.2, 0) is 4.79 Å². The highest BCUT2D eigenvalue weighted by molar-refractivity contribution is 5.97. The first kappa shape index (κ1) is 21.5. The zero-order chi connectivity index (χ0) is 23.7. The first-order chi connectivity index (χ1) is 16.5. The highest BCUT2D eigenvalue weighted by atomic mass is 16.5. The minimum absolute atomic E-state index is 0.336. The van der Waals surface area contributed by atoms with Gasteiger partial charge in [-0.2, -0.15) is 0 Å². The van der Waals surface area contributed by atoms with Crippen LogP contribution in [0.15, 0.2) is 100 Å². The standard InChI is InChI=1S/C28H23NO5/c1-17(2)16-32-20-14-12-18(13-15-20)23-24-25(21-10-6-7-11-22(21)33-28(24)31)34-26(23)27(30)29-19-8-4-3-5-9-19/h3-15,23,26H,1,16H2,2H3,(H,29,30)/t23-,26+/m0/s1. The quantitative estimate of drug-likeness (QED) is 0.318. The summed E-state index contributed by atoms with van der Waals surface area (Å²) < 4.78 is 17.5. The summed E-state index contributed by atoms with van der Waals surface area (Å²) in [5.74, 6) is 0.0580. The summed E-state index contributed by atoms with van der Waals surface area (Å²) in [6, 6.07) is 23.6. The number of ether oxygens (including phenoxy) is 2. The van der Waals surface area contributed by atoms with Gasteiger partial charge in [0.05, 0.1) is 16.9 Å². The van der Waals surface area contributed by atoms with Crippen molar-refractivity contribution in [3.63, 3.8) is 0 Å². The summed E-state index contributed by atoms with van der Waals surface area (Å²) in [5.41, 5.74) is 2.53. The minimum Gasteiger partial charge on any atom is -0.489 e. The summed E-state index contributed by atoms with van der Waals surface area (Å²) in [6.45, 7) is 6.14. The number of amides is 1. The van der Waals surface area contributed by atoms with E-state index < -0.39 is 17.6 Å². The van der Waals surface area contributed by atoms with Gasteiger partial charge in [-0.05, 0) is 54.5 Å². The molecule has 0 bridgehead atoms. The SMILES string of the molecule is C=C(C)COc1ccc([C@H]2c3c(c4ccccc4oc3=O)O[C@H]2C(=O)Nc2ccccc2)cc1. The van der Waals surface area contributed by atoms with Gasteiger partial charge in [-0.3, -0.25) is 4.79 Å². The average molecular weight is 453 g/mol. The Balaban J connectivity index is 1.57. The van der Waals surface area contributed by atoms with Crippen molar-refractivity contribution in [1.29, 1.82) is 0 Å². The van der Waals surface area contributed by atoms with Gasteiger partial charge in [0.1, 0.15) is 23.7 Å². The van der Waals surface area contributed by atoms with Gasteiger partial charge >= 0.3 is 5.63 Å². The van der Waals surface area contributed by atoms with Crippen LogP contribution in [0.4, 0.5) is 5.69 Å². The molecule has 0 saturated carbocycles. The molecule has 0 fully saturated rings. The summed E-state index contributed by atoms with van der Waals surface area (Å²) in [5, 5.41) is 3.55. The Morgan fingerprint density at radius 1 is 1.00 bits per heavy atom. The van der Waals surface area contributed by atoms with E-state index in [-0.39, 0.29) is 5.91 Å². The topological polar surface area (TPSA) is 77.8 Å². The largest absolute Gasteiger partial charge is 0.489 e. The third kappa shape index (κ3) is 4.06. The van der Waals surface area contributed by atoms with Crippen molar-refractivity contribution in [3.8, 4) is 11.5 Å². The van der Waals surface area contributed by atoms with Crippen molar-refractivity contribution >= 4 is 22.6 Å². The van der Waals surface area contributed by atoms with Crippen molar-refractivity contribution < 1.29 is 18.7 Å². The van der Waals surface area contributed by atoms with Gasteiger partial charge in [0.15, 0.2) is 6.10 Å². The maximum atomic E-state index is 13.4. The Hall–Kier alpha value is -4.32. The van der Waals surface area contributed by atoms with Gasteiger partial charge in [-0.1, -0.05) is 49.0 Å². The number of fused-ring (bicyclic) bond motifs is 3. The van der Waals surface area contributed by atoms with Crippen molar-refractivity contribution in [1.82, 2.24) is 0 Å². The molecule has 6 heteroatoms. The molecule has 0 aliphatic carbocycles. The lowest BCUT2D eigenvalue weighted by Gasteiger charge is -2.19. The summed E-state index contributed by atoms with van der Waals surface area (Å²) in [7, 11) is 0.